The lowest BCUT2D eigenvalue weighted by Crippen LogP contribution is -2.31. The third kappa shape index (κ3) is 4.64. The molecular formula is C16H17BrN2O4S. The molecule has 0 fully saturated rings. The fourth-order valence-corrected chi connectivity index (χ4v) is 2.97. The van der Waals surface area contributed by atoms with Crippen molar-refractivity contribution in [2.24, 2.45) is 5.14 Å². The Morgan fingerprint density at radius 2 is 1.79 bits per heavy atom. The number of carbonyl (C=O) groups excluding carboxylic acids is 1. The minimum Gasteiger partial charge on any atom is -0.378 e. The number of nitrogens with one attached hydrogen (secondary N) is 1. The van der Waals surface area contributed by atoms with Crippen LogP contribution in [0.4, 0.5) is 0 Å². The van der Waals surface area contributed by atoms with Gasteiger partial charge in [-0.2, -0.15) is 0 Å². The minimum atomic E-state index is -3.82. The van der Waals surface area contributed by atoms with Crippen LogP contribution in [0.15, 0.2) is 57.9 Å². The van der Waals surface area contributed by atoms with Crippen LogP contribution in [-0.4, -0.2) is 19.4 Å². The molecule has 2 rings (SSSR count). The molecule has 0 aliphatic carbocycles. The molecule has 24 heavy (non-hydrogen) atoms. The molecule has 2 aromatic carbocycles. The molecule has 6 nitrogen and oxygen atoms in total. The fraction of sp³-hybridized carbons (Fsp3) is 0.188. The Balaban J connectivity index is 2.12. The maximum atomic E-state index is 12.2. The van der Waals surface area contributed by atoms with E-state index in [1.807, 2.05) is 0 Å². The highest BCUT2D eigenvalue weighted by atomic mass is 79.9. The largest absolute Gasteiger partial charge is 0.378 e. The Kier molecular flexibility index (Phi) is 5.76. The number of halogens is 1. The van der Waals surface area contributed by atoms with Gasteiger partial charge < -0.3 is 10.4 Å². The highest BCUT2D eigenvalue weighted by molar-refractivity contribution is 9.10. The van der Waals surface area contributed by atoms with Crippen LogP contribution in [0.1, 0.15) is 30.2 Å². The van der Waals surface area contributed by atoms with Crippen LogP contribution >= 0.6 is 15.9 Å². The van der Waals surface area contributed by atoms with Gasteiger partial charge in [0.05, 0.1) is 10.9 Å². The summed E-state index contributed by atoms with van der Waals surface area (Å²) < 4.78 is 23.6. The normalized spacial score (nSPS) is 14.0. The lowest BCUT2D eigenvalue weighted by Gasteiger charge is -2.18. The third-order valence-corrected chi connectivity index (χ3v) is 4.92. The highest BCUT2D eigenvalue weighted by Gasteiger charge is 2.20. The van der Waals surface area contributed by atoms with Crippen LogP contribution in [0, 0.1) is 0 Å². The van der Waals surface area contributed by atoms with E-state index in [2.05, 4.69) is 21.2 Å². The van der Waals surface area contributed by atoms with E-state index < -0.39 is 28.1 Å². The first-order chi connectivity index (χ1) is 11.2. The average molecular weight is 413 g/mol. The van der Waals surface area contributed by atoms with E-state index in [1.165, 1.54) is 12.1 Å². The second kappa shape index (κ2) is 7.43. The zero-order valence-electron chi connectivity index (χ0n) is 12.8. The molecule has 128 valence electrons. The fourth-order valence-electron chi connectivity index (χ4n) is 2.13. The van der Waals surface area contributed by atoms with E-state index in [0.717, 1.165) is 4.47 Å². The quantitative estimate of drug-likeness (QED) is 0.697. The molecule has 0 heterocycles. The number of benzene rings is 2. The first-order valence-electron chi connectivity index (χ1n) is 7.05. The van der Waals surface area contributed by atoms with Gasteiger partial charge in [0, 0.05) is 4.47 Å². The Labute approximate surface area is 148 Å². The van der Waals surface area contributed by atoms with Crippen molar-refractivity contribution in [3.05, 3.63) is 64.1 Å². The maximum absolute atomic E-state index is 12.2. The van der Waals surface area contributed by atoms with Crippen molar-refractivity contribution in [2.45, 2.75) is 24.0 Å². The first-order valence-corrected chi connectivity index (χ1v) is 9.39. The summed E-state index contributed by atoms with van der Waals surface area (Å²) in [6, 6.07) is 12.2. The second-order valence-corrected chi connectivity index (χ2v) is 7.78. The monoisotopic (exact) mass is 412 g/mol. The van der Waals surface area contributed by atoms with E-state index in [9.17, 15) is 18.3 Å². The lowest BCUT2D eigenvalue weighted by atomic mass is 10.1. The van der Waals surface area contributed by atoms with Gasteiger partial charge in [-0.1, -0.05) is 40.2 Å². The first kappa shape index (κ1) is 18.6. The van der Waals surface area contributed by atoms with Crippen LogP contribution in [0.5, 0.6) is 0 Å². The molecule has 0 aliphatic heterocycles. The van der Waals surface area contributed by atoms with Gasteiger partial charge in [0.2, 0.25) is 10.0 Å². The van der Waals surface area contributed by atoms with Crippen LogP contribution < -0.4 is 10.5 Å². The van der Waals surface area contributed by atoms with E-state index in [4.69, 9.17) is 5.14 Å². The molecule has 0 bridgehead atoms. The van der Waals surface area contributed by atoms with Crippen molar-refractivity contribution in [2.75, 3.05) is 0 Å². The van der Waals surface area contributed by atoms with Crippen LogP contribution in [0.2, 0.25) is 0 Å². The number of hydrogen-bond acceptors (Lipinski definition) is 4. The number of carbonyl (C=O) groups is 1. The van der Waals surface area contributed by atoms with E-state index >= 15 is 0 Å². The summed E-state index contributed by atoms with van der Waals surface area (Å²) >= 11 is 3.28. The van der Waals surface area contributed by atoms with Crippen molar-refractivity contribution < 1.29 is 18.3 Å². The zero-order valence-corrected chi connectivity index (χ0v) is 15.2. The summed E-state index contributed by atoms with van der Waals surface area (Å²) in [5.74, 6) is -0.578. The number of primary sulfonamides is 1. The number of sulfonamides is 1. The van der Waals surface area contributed by atoms with Crippen molar-refractivity contribution in [1.29, 1.82) is 0 Å². The third-order valence-electron chi connectivity index (χ3n) is 3.48. The summed E-state index contributed by atoms with van der Waals surface area (Å²) in [5, 5.41) is 17.9. The van der Waals surface area contributed by atoms with E-state index in [0.29, 0.717) is 11.1 Å². The van der Waals surface area contributed by atoms with Crippen LogP contribution in [0.3, 0.4) is 0 Å². The molecule has 0 radical (unpaired) electrons. The minimum absolute atomic E-state index is 0.0328. The lowest BCUT2D eigenvalue weighted by molar-refractivity contribution is -0.130. The molecule has 0 saturated heterocycles. The number of rotatable bonds is 5. The van der Waals surface area contributed by atoms with Gasteiger partial charge in [0.15, 0.2) is 6.10 Å². The second-order valence-electron chi connectivity index (χ2n) is 5.30. The maximum Gasteiger partial charge on any atom is 0.253 e. The van der Waals surface area contributed by atoms with Gasteiger partial charge >= 0.3 is 0 Å². The summed E-state index contributed by atoms with van der Waals surface area (Å²) in [6.45, 7) is 1.69. The molecule has 1 amide bonds. The Bertz CT molecular complexity index is 837. The molecule has 4 N–H and O–H groups in total. The Hall–Kier alpha value is -1.74. The zero-order chi connectivity index (χ0) is 17.9. The Morgan fingerprint density at radius 3 is 2.38 bits per heavy atom. The predicted molar refractivity (Wildman–Crippen MR) is 93.5 cm³/mol. The van der Waals surface area contributed by atoms with E-state index in [1.54, 1.807) is 43.3 Å². The molecule has 0 saturated carbocycles. The smallest absolute Gasteiger partial charge is 0.253 e. The van der Waals surface area contributed by atoms with Crippen molar-refractivity contribution in [1.82, 2.24) is 5.32 Å². The van der Waals surface area contributed by atoms with Gasteiger partial charge in [-0.05, 0) is 42.3 Å². The van der Waals surface area contributed by atoms with E-state index in [-0.39, 0.29) is 4.90 Å². The highest BCUT2D eigenvalue weighted by Crippen LogP contribution is 2.20. The SMILES string of the molecule is CC(NC(=O)C(O)c1ccc(Br)cc1)c1cccc(S(N)(=O)=O)c1. The summed E-state index contributed by atoms with van der Waals surface area (Å²) in [7, 11) is -3.82. The Morgan fingerprint density at radius 1 is 1.17 bits per heavy atom. The van der Waals surface area contributed by atoms with Gasteiger partial charge in [-0.25, -0.2) is 13.6 Å². The standard InChI is InChI=1S/C16H17BrN2O4S/c1-10(12-3-2-4-14(9-12)24(18,22)23)19-16(21)15(20)11-5-7-13(17)8-6-11/h2-10,15,20H,1H3,(H,19,21)(H2,18,22,23). The van der Waals surface area contributed by atoms with Crippen molar-refractivity contribution in [3.63, 3.8) is 0 Å². The number of amides is 1. The van der Waals surface area contributed by atoms with Gasteiger partial charge in [-0.3, -0.25) is 4.79 Å². The van der Waals surface area contributed by atoms with Gasteiger partial charge in [0.25, 0.3) is 5.91 Å². The van der Waals surface area contributed by atoms with Crippen LogP contribution in [-0.2, 0) is 14.8 Å². The molecule has 0 aromatic heterocycles. The summed E-state index contributed by atoms with van der Waals surface area (Å²) in [6.07, 6.45) is -1.32. The molecule has 0 spiro atoms. The molecule has 2 unspecified atom stereocenters. The number of nitrogens with two attached hydrogens (primary N) is 1. The average Bonchev–Trinajstić information content (AvgIpc) is 2.54. The molecule has 2 atom stereocenters. The van der Waals surface area contributed by atoms with Crippen LogP contribution in [0.25, 0.3) is 0 Å². The van der Waals surface area contributed by atoms with Gasteiger partial charge in [-0.15, -0.1) is 0 Å². The predicted octanol–water partition coefficient (Wildman–Crippen LogP) is 2.01. The molecular weight excluding hydrogens is 396 g/mol. The van der Waals surface area contributed by atoms with Gasteiger partial charge in [0.1, 0.15) is 0 Å². The number of aliphatic hydroxyl groups is 1. The van der Waals surface area contributed by atoms with Crippen molar-refractivity contribution in [3.8, 4) is 0 Å². The summed E-state index contributed by atoms with van der Waals surface area (Å²) in [5.41, 5.74) is 1.03. The number of hydrogen-bond donors (Lipinski definition) is 3. The van der Waals surface area contributed by atoms with Crippen molar-refractivity contribution >= 4 is 31.9 Å². The topological polar surface area (TPSA) is 109 Å². The molecule has 0 aliphatic rings. The summed E-state index contributed by atoms with van der Waals surface area (Å²) in [4.78, 5) is 12.1. The number of aliphatic hydroxyl groups excluding tert-OH is 1. The molecule has 2 aromatic rings. The molecule has 8 heteroatoms.